The Morgan fingerprint density at radius 3 is 2.50 bits per heavy atom. The van der Waals surface area contributed by atoms with Gasteiger partial charge in [0.2, 0.25) is 11.2 Å². The second-order valence-electron chi connectivity index (χ2n) is 7.68. The van der Waals surface area contributed by atoms with Crippen LogP contribution in [0.1, 0.15) is 43.5 Å². The number of aromatic nitrogens is 1. The maximum atomic E-state index is 2.49. The van der Waals surface area contributed by atoms with Gasteiger partial charge in [-0.15, -0.1) is 0 Å². The summed E-state index contributed by atoms with van der Waals surface area (Å²) in [6.07, 6.45) is 4.64. The molecule has 2 nitrogen and oxygen atoms in total. The van der Waals surface area contributed by atoms with Crippen molar-refractivity contribution in [2.75, 3.05) is 11.4 Å². The lowest BCUT2D eigenvalue weighted by molar-refractivity contribution is -0.673. The molecule has 0 bridgehead atoms. The van der Waals surface area contributed by atoms with Crippen LogP contribution in [0.25, 0.3) is 17.0 Å². The monoisotopic (exact) mass is 389 g/mol. The second-order valence-corrected chi connectivity index (χ2v) is 8.74. The van der Waals surface area contributed by atoms with Crippen LogP contribution in [-0.4, -0.2) is 6.54 Å². The molecule has 0 saturated carbocycles. The van der Waals surface area contributed by atoms with Crippen LogP contribution in [0, 0.1) is 13.8 Å². The van der Waals surface area contributed by atoms with E-state index in [9.17, 15) is 0 Å². The summed E-state index contributed by atoms with van der Waals surface area (Å²) in [5, 5.41) is 2.65. The van der Waals surface area contributed by atoms with Crippen LogP contribution >= 0.6 is 11.8 Å². The molecule has 0 N–H and O–H groups in total. The fourth-order valence-electron chi connectivity index (χ4n) is 3.96. The fraction of sp³-hybridized carbons (Fsp3) is 0.320. The van der Waals surface area contributed by atoms with Gasteiger partial charge in [-0.2, -0.15) is 4.57 Å². The molecular formula is C25H29N2S+. The van der Waals surface area contributed by atoms with Crippen molar-refractivity contribution in [3.8, 4) is 0 Å². The van der Waals surface area contributed by atoms with Gasteiger partial charge in [0, 0.05) is 41.5 Å². The van der Waals surface area contributed by atoms with Crippen LogP contribution in [-0.2, 0) is 6.54 Å². The van der Waals surface area contributed by atoms with Gasteiger partial charge in [-0.05, 0) is 50.1 Å². The molecule has 1 aromatic heterocycles. The van der Waals surface area contributed by atoms with Gasteiger partial charge >= 0.3 is 0 Å². The van der Waals surface area contributed by atoms with Crippen LogP contribution in [0.4, 0.5) is 5.69 Å². The third-order valence-corrected chi connectivity index (χ3v) is 6.38. The predicted molar refractivity (Wildman–Crippen MR) is 122 cm³/mol. The number of benzene rings is 2. The van der Waals surface area contributed by atoms with Gasteiger partial charge in [0.25, 0.3) is 0 Å². The quantitative estimate of drug-likeness (QED) is 0.461. The Hall–Kier alpha value is -2.26. The molecule has 2 aromatic carbocycles. The molecular weight excluding hydrogens is 360 g/mol. The molecule has 2 heterocycles. The maximum Gasteiger partial charge on any atom is 0.212 e. The van der Waals surface area contributed by atoms with Crippen LogP contribution in [0.5, 0.6) is 0 Å². The molecule has 4 rings (SSSR count). The lowest BCUT2D eigenvalue weighted by Crippen LogP contribution is -2.38. The Balaban J connectivity index is 1.82. The first kappa shape index (κ1) is 19.1. The largest absolute Gasteiger partial charge is 0.335 e. The molecule has 0 unspecified atom stereocenters. The van der Waals surface area contributed by atoms with E-state index < -0.39 is 0 Å². The first-order chi connectivity index (χ1) is 13.6. The van der Waals surface area contributed by atoms with Crippen molar-refractivity contribution in [2.45, 2.75) is 52.0 Å². The van der Waals surface area contributed by atoms with Crippen LogP contribution in [0.15, 0.2) is 58.5 Å². The van der Waals surface area contributed by atoms with Crippen LogP contribution < -0.4 is 9.47 Å². The van der Waals surface area contributed by atoms with Crippen LogP contribution in [0.3, 0.4) is 0 Å². The van der Waals surface area contributed by atoms with E-state index in [0.29, 0.717) is 0 Å². The van der Waals surface area contributed by atoms with Crippen molar-refractivity contribution in [3.05, 3.63) is 70.4 Å². The number of nitrogens with zero attached hydrogens (tertiary/aromatic N) is 2. The van der Waals surface area contributed by atoms with E-state index in [1.54, 1.807) is 0 Å². The van der Waals surface area contributed by atoms with E-state index in [-0.39, 0.29) is 0 Å². The number of thioether (sulfide) groups is 1. The summed E-state index contributed by atoms with van der Waals surface area (Å²) in [6.45, 7) is 10.9. The third-order valence-electron chi connectivity index (χ3n) is 5.27. The summed E-state index contributed by atoms with van der Waals surface area (Å²) in [5.41, 5.74) is 6.60. The van der Waals surface area contributed by atoms with Gasteiger partial charge < -0.3 is 4.90 Å². The van der Waals surface area contributed by atoms with E-state index in [0.717, 1.165) is 25.9 Å². The number of anilines is 1. The minimum atomic E-state index is 1.03. The van der Waals surface area contributed by atoms with Crippen molar-refractivity contribution in [2.24, 2.45) is 0 Å². The Bertz CT molecular complexity index is 1050. The zero-order chi connectivity index (χ0) is 19.7. The summed E-state index contributed by atoms with van der Waals surface area (Å²) in [4.78, 5) is 3.85. The minimum Gasteiger partial charge on any atom is -0.335 e. The average Bonchev–Trinajstić information content (AvgIpc) is 3.00. The Labute approximate surface area is 172 Å². The molecule has 144 valence electrons. The van der Waals surface area contributed by atoms with E-state index in [4.69, 9.17) is 0 Å². The van der Waals surface area contributed by atoms with Gasteiger partial charge in [0.05, 0.1) is 10.7 Å². The number of hydrogen-bond acceptors (Lipinski definition) is 2. The smallest absolute Gasteiger partial charge is 0.212 e. The van der Waals surface area contributed by atoms with Gasteiger partial charge in [0.15, 0.2) is 0 Å². The molecule has 0 aliphatic carbocycles. The van der Waals surface area contributed by atoms with E-state index >= 15 is 0 Å². The van der Waals surface area contributed by atoms with Gasteiger partial charge in [-0.3, -0.25) is 0 Å². The number of fused-ring (bicyclic) bond motifs is 2. The van der Waals surface area contributed by atoms with E-state index in [1.807, 2.05) is 11.8 Å². The zero-order valence-corrected chi connectivity index (χ0v) is 18.1. The molecule has 0 radical (unpaired) electrons. The second kappa shape index (κ2) is 8.00. The van der Waals surface area contributed by atoms with Crippen LogP contribution in [0.2, 0.25) is 0 Å². The average molecular weight is 390 g/mol. The lowest BCUT2D eigenvalue weighted by Gasteiger charge is -2.19. The number of rotatable bonds is 5. The first-order valence-electron chi connectivity index (χ1n) is 10.3. The fourth-order valence-corrected chi connectivity index (χ4v) is 5.07. The molecule has 1 aliphatic rings. The molecule has 0 atom stereocenters. The molecule has 28 heavy (non-hydrogen) atoms. The van der Waals surface area contributed by atoms with Crippen molar-refractivity contribution < 1.29 is 4.57 Å². The van der Waals surface area contributed by atoms with E-state index in [1.165, 1.54) is 43.3 Å². The molecule has 0 amide bonds. The van der Waals surface area contributed by atoms with Crippen molar-refractivity contribution >= 4 is 34.4 Å². The summed E-state index contributed by atoms with van der Waals surface area (Å²) >= 11 is 1.90. The molecule has 1 aliphatic heterocycles. The first-order valence-corrected chi connectivity index (χ1v) is 11.1. The standard InChI is InChI=1S/C25H29N2S/c1-5-13-26-21(10-9-20-15-18(3)7-11-22(20)26)17-25-27(14-6-2)23-16-19(4)8-12-24(23)28-25/h7-12,15-17H,5-6,13-14H2,1-4H3/q+1. The van der Waals surface area contributed by atoms with Crippen molar-refractivity contribution in [3.63, 3.8) is 0 Å². The highest BCUT2D eigenvalue weighted by molar-refractivity contribution is 8.03. The molecule has 0 spiro atoms. The Morgan fingerprint density at radius 2 is 1.71 bits per heavy atom. The maximum absolute atomic E-state index is 2.49. The van der Waals surface area contributed by atoms with Gasteiger partial charge in [0.1, 0.15) is 6.54 Å². The van der Waals surface area contributed by atoms with Gasteiger partial charge in [-0.25, -0.2) is 0 Å². The number of pyridine rings is 1. The minimum absolute atomic E-state index is 1.03. The summed E-state index contributed by atoms with van der Waals surface area (Å²) < 4.78 is 2.47. The highest BCUT2D eigenvalue weighted by Crippen LogP contribution is 2.46. The lowest BCUT2D eigenvalue weighted by atomic mass is 10.1. The molecule has 0 fully saturated rings. The highest BCUT2D eigenvalue weighted by atomic mass is 32.2. The molecule has 0 saturated heterocycles. The summed E-state index contributed by atoms with van der Waals surface area (Å²) in [6, 6.07) is 18.1. The topological polar surface area (TPSA) is 7.12 Å². The van der Waals surface area contributed by atoms with Crippen molar-refractivity contribution in [1.29, 1.82) is 0 Å². The SMILES string of the molecule is CCCN1/C(=C/c2ccc3cc(C)ccc3[n+]2CCC)Sc2ccc(C)cc21. The predicted octanol–water partition coefficient (Wildman–Crippen LogP) is 6.47. The van der Waals surface area contributed by atoms with E-state index in [2.05, 4.69) is 91.8 Å². The normalized spacial score (nSPS) is 14.9. The van der Waals surface area contributed by atoms with Crippen molar-refractivity contribution in [1.82, 2.24) is 0 Å². The summed E-state index contributed by atoms with van der Waals surface area (Å²) in [5.74, 6) is 0. The Kier molecular flexibility index (Phi) is 5.45. The summed E-state index contributed by atoms with van der Waals surface area (Å²) in [7, 11) is 0. The molecule has 3 aromatic rings. The molecule has 3 heteroatoms. The number of aryl methyl sites for hydroxylation is 3. The van der Waals surface area contributed by atoms with Gasteiger partial charge in [-0.1, -0.05) is 43.3 Å². The zero-order valence-electron chi connectivity index (χ0n) is 17.3. The highest BCUT2D eigenvalue weighted by Gasteiger charge is 2.26. The Morgan fingerprint density at radius 1 is 0.929 bits per heavy atom. The number of hydrogen-bond donors (Lipinski definition) is 0. The third kappa shape index (κ3) is 3.56.